The predicted octanol–water partition coefficient (Wildman–Crippen LogP) is 1.00. The number of carbonyl (C=O) groups excluding carboxylic acids is 1. The zero-order valence-corrected chi connectivity index (χ0v) is 11.2. The van der Waals surface area contributed by atoms with Crippen LogP contribution in [0.4, 0.5) is 5.82 Å². The van der Waals surface area contributed by atoms with Crippen LogP contribution in [0.3, 0.4) is 0 Å². The minimum Gasteiger partial charge on any atom is -0.367 e. The fraction of sp³-hybridized carbons (Fsp3) is 0.538. The minimum atomic E-state index is -0.447. The molecular weight excluding hydrogens is 246 g/mol. The first-order valence-electron chi connectivity index (χ1n) is 6.30. The van der Waals surface area contributed by atoms with Gasteiger partial charge in [0.1, 0.15) is 11.5 Å². The monoisotopic (exact) mass is 265 g/mol. The molecular formula is C13H19N3O3. The summed E-state index contributed by atoms with van der Waals surface area (Å²) in [5, 5.41) is 5.98. The van der Waals surface area contributed by atoms with Gasteiger partial charge >= 0.3 is 0 Å². The van der Waals surface area contributed by atoms with Gasteiger partial charge in [-0.1, -0.05) is 6.07 Å². The number of nitrogens with one attached hydrogen (secondary N) is 2. The van der Waals surface area contributed by atoms with Crippen LogP contribution in [0.25, 0.3) is 0 Å². The maximum absolute atomic E-state index is 11.9. The predicted molar refractivity (Wildman–Crippen MR) is 71.0 cm³/mol. The van der Waals surface area contributed by atoms with Crippen molar-refractivity contribution < 1.29 is 14.3 Å². The summed E-state index contributed by atoms with van der Waals surface area (Å²) in [6.45, 7) is 0.286. The van der Waals surface area contributed by atoms with Crippen LogP contribution < -0.4 is 10.6 Å². The van der Waals surface area contributed by atoms with Crippen molar-refractivity contribution in [3.63, 3.8) is 0 Å². The van der Waals surface area contributed by atoms with E-state index in [2.05, 4.69) is 15.6 Å². The standard InChI is InChI=1S/C13H19N3O3/c1-18-12(19-2)8-14-13(17)10-4-3-5-11(16-10)15-9-6-7-9/h3-5,9,12H,6-8H2,1-2H3,(H,14,17)(H,15,16). The van der Waals surface area contributed by atoms with Gasteiger partial charge in [-0.05, 0) is 25.0 Å². The Morgan fingerprint density at radius 2 is 2.16 bits per heavy atom. The van der Waals surface area contributed by atoms with E-state index in [9.17, 15) is 4.79 Å². The largest absolute Gasteiger partial charge is 0.367 e. The molecule has 0 saturated heterocycles. The first kappa shape index (κ1) is 13.8. The maximum atomic E-state index is 11.9. The highest BCUT2D eigenvalue weighted by Crippen LogP contribution is 2.23. The number of amides is 1. The molecule has 1 saturated carbocycles. The summed E-state index contributed by atoms with van der Waals surface area (Å²) in [5.74, 6) is 0.503. The summed E-state index contributed by atoms with van der Waals surface area (Å²) < 4.78 is 10.0. The van der Waals surface area contributed by atoms with Crippen molar-refractivity contribution in [2.45, 2.75) is 25.2 Å². The number of pyridine rings is 1. The van der Waals surface area contributed by atoms with Gasteiger partial charge in [0, 0.05) is 20.3 Å². The van der Waals surface area contributed by atoms with Crippen LogP contribution in [0, 0.1) is 0 Å². The molecule has 1 aliphatic rings. The van der Waals surface area contributed by atoms with Crippen molar-refractivity contribution >= 4 is 11.7 Å². The first-order valence-corrected chi connectivity index (χ1v) is 6.30. The van der Waals surface area contributed by atoms with E-state index in [1.165, 1.54) is 27.1 Å². The van der Waals surface area contributed by atoms with Crippen molar-refractivity contribution in [1.82, 2.24) is 10.3 Å². The third kappa shape index (κ3) is 4.18. The maximum Gasteiger partial charge on any atom is 0.270 e. The van der Waals surface area contributed by atoms with Gasteiger partial charge in [-0.3, -0.25) is 4.79 Å². The van der Waals surface area contributed by atoms with E-state index in [0.717, 1.165) is 5.82 Å². The van der Waals surface area contributed by atoms with Gasteiger partial charge in [0.25, 0.3) is 5.91 Å². The second-order valence-corrected chi connectivity index (χ2v) is 4.44. The molecule has 2 N–H and O–H groups in total. The zero-order chi connectivity index (χ0) is 13.7. The summed E-state index contributed by atoms with van der Waals surface area (Å²) in [4.78, 5) is 16.2. The summed E-state index contributed by atoms with van der Waals surface area (Å²) >= 11 is 0. The fourth-order valence-corrected chi connectivity index (χ4v) is 1.61. The van der Waals surface area contributed by atoms with E-state index in [1.807, 2.05) is 12.1 Å². The number of carbonyl (C=O) groups is 1. The molecule has 6 heteroatoms. The van der Waals surface area contributed by atoms with Gasteiger partial charge in [-0.2, -0.15) is 0 Å². The number of hydrogen-bond acceptors (Lipinski definition) is 5. The lowest BCUT2D eigenvalue weighted by Gasteiger charge is -2.14. The Hall–Kier alpha value is -1.66. The molecule has 0 aliphatic heterocycles. The van der Waals surface area contributed by atoms with Crippen molar-refractivity contribution in [2.75, 3.05) is 26.1 Å². The van der Waals surface area contributed by atoms with Crippen LogP contribution in [0.1, 0.15) is 23.3 Å². The average Bonchev–Trinajstić information content (AvgIpc) is 3.24. The summed E-state index contributed by atoms with van der Waals surface area (Å²) in [5.41, 5.74) is 0.386. The number of anilines is 1. The highest BCUT2D eigenvalue weighted by Gasteiger charge is 2.21. The Balaban J connectivity index is 1.90. The molecule has 0 unspecified atom stereocenters. The number of ether oxygens (including phenoxy) is 2. The van der Waals surface area contributed by atoms with Crippen molar-refractivity contribution in [3.05, 3.63) is 23.9 Å². The first-order chi connectivity index (χ1) is 9.22. The highest BCUT2D eigenvalue weighted by molar-refractivity contribution is 5.92. The highest BCUT2D eigenvalue weighted by atomic mass is 16.7. The number of nitrogens with zero attached hydrogens (tertiary/aromatic N) is 1. The lowest BCUT2D eigenvalue weighted by atomic mass is 10.3. The topological polar surface area (TPSA) is 72.5 Å². The van der Waals surface area contributed by atoms with Crippen molar-refractivity contribution in [2.24, 2.45) is 0 Å². The molecule has 0 bridgehead atoms. The van der Waals surface area contributed by atoms with E-state index in [0.29, 0.717) is 11.7 Å². The molecule has 0 atom stereocenters. The quantitative estimate of drug-likeness (QED) is 0.720. The normalized spacial score (nSPS) is 14.5. The molecule has 0 aromatic carbocycles. The van der Waals surface area contributed by atoms with Crippen LogP contribution in [-0.4, -0.2) is 44.0 Å². The Labute approximate surface area is 112 Å². The van der Waals surface area contributed by atoms with E-state index < -0.39 is 6.29 Å². The molecule has 2 rings (SSSR count). The molecule has 0 spiro atoms. The van der Waals surface area contributed by atoms with Gasteiger partial charge in [0.05, 0.1) is 6.54 Å². The number of aromatic nitrogens is 1. The summed E-state index contributed by atoms with van der Waals surface area (Å²) in [7, 11) is 3.05. The molecule has 1 aliphatic carbocycles. The summed E-state index contributed by atoms with van der Waals surface area (Å²) in [6, 6.07) is 5.87. The smallest absolute Gasteiger partial charge is 0.270 e. The van der Waals surface area contributed by atoms with Crippen LogP contribution in [0.5, 0.6) is 0 Å². The van der Waals surface area contributed by atoms with Crippen molar-refractivity contribution in [1.29, 1.82) is 0 Å². The second kappa shape index (κ2) is 6.49. The fourth-order valence-electron chi connectivity index (χ4n) is 1.61. The molecule has 0 radical (unpaired) electrons. The van der Waals surface area contributed by atoms with Gasteiger partial charge in [0.2, 0.25) is 0 Å². The van der Waals surface area contributed by atoms with Crippen LogP contribution in [0.15, 0.2) is 18.2 Å². The molecule has 1 aromatic rings. The van der Waals surface area contributed by atoms with E-state index in [-0.39, 0.29) is 12.5 Å². The average molecular weight is 265 g/mol. The third-order valence-corrected chi connectivity index (χ3v) is 2.87. The minimum absolute atomic E-state index is 0.237. The molecule has 1 fully saturated rings. The Morgan fingerprint density at radius 3 is 2.79 bits per heavy atom. The van der Waals surface area contributed by atoms with E-state index in [1.54, 1.807) is 6.07 Å². The second-order valence-electron chi connectivity index (χ2n) is 4.44. The SMILES string of the molecule is COC(CNC(=O)c1cccc(NC2CC2)n1)OC. The van der Waals surface area contributed by atoms with Crippen LogP contribution in [-0.2, 0) is 9.47 Å². The van der Waals surface area contributed by atoms with Crippen molar-refractivity contribution in [3.8, 4) is 0 Å². The molecule has 104 valence electrons. The number of methoxy groups -OCH3 is 2. The molecule has 1 aromatic heterocycles. The van der Waals surface area contributed by atoms with Gasteiger partial charge in [0.15, 0.2) is 6.29 Å². The molecule has 6 nitrogen and oxygen atoms in total. The van der Waals surface area contributed by atoms with E-state index in [4.69, 9.17) is 9.47 Å². The van der Waals surface area contributed by atoms with Crippen LogP contribution >= 0.6 is 0 Å². The lowest BCUT2D eigenvalue weighted by molar-refractivity contribution is -0.0974. The molecule has 19 heavy (non-hydrogen) atoms. The van der Waals surface area contributed by atoms with Gasteiger partial charge < -0.3 is 20.1 Å². The molecule has 1 amide bonds. The summed E-state index contributed by atoms with van der Waals surface area (Å²) in [6.07, 6.45) is 1.89. The number of rotatable bonds is 7. The van der Waals surface area contributed by atoms with Crippen LogP contribution in [0.2, 0.25) is 0 Å². The zero-order valence-electron chi connectivity index (χ0n) is 11.2. The molecule has 1 heterocycles. The number of hydrogen-bond donors (Lipinski definition) is 2. The van der Waals surface area contributed by atoms with Gasteiger partial charge in [-0.25, -0.2) is 4.98 Å². The third-order valence-electron chi connectivity index (χ3n) is 2.87. The van der Waals surface area contributed by atoms with E-state index >= 15 is 0 Å². The Kier molecular flexibility index (Phi) is 4.70. The Bertz CT molecular complexity index is 431. The lowest BCUT2D eigenvalue weighted by Crippen LogP contribution is -2.34. The Morgan fingerprint density at radius 1 is 1.42 bits per heavy atom. The van der Waals surface area contributed by atoms with Gasteiger partial charge in [-0.15, -0.1) is 0 Å².